The van der Waals surface area contributed by atoms with E-state index < -0.39 is 112 Å². The number of rotatable bonds is 8. The van der Waals surface area contributed by atoms with Gasteiger partial charge in [-0.2, -0.15) is 0 Å². The lowest BCUT2D eigenvalue weighted by atomic mass is 9.96. The molecular formula is C19H34O16. The van der Waals surface area contributed by atoms with E-state index in [4.69, 9.17) is 28.4 Å². The van der Waals surface area contributed by atoms with Crippen LogP contribution < -0.4 is 0 Å². The van der Waals surface area contributed by atoms with Gasteiger partial charge in [-0.25, -0.2) is 0 Å². The molecule has 16 heteroatoms. The Balaban J connectivity index is 1.84. The summed E-state index contributed by atoms with van der Waals surface area (Å²) in [6.07, 6.45) is -24.0. The summed E-state index contributed by atoms with van der Waals surface area (Å²) in [4.78, 5) is 0. The smallest absolute Gasteiger partial charge is 0.187 e. The third kappa shape index (κ3) is 5.78. The average molecular weight is 518 g/mol. The molecule has 0 radical (unpaired) electrons. The van der Waals surface area contributed by atoms with E-state index in [1.807, 2.05) is 0 Å². The van der Waals surface area contributed by atoms with Crippen LogP contribution >= 0.6 is 0 Å². The highest BCUT2D eigenvalue weighted by Gasteiger charge is 2.54. The molecule has 16 nitrogen and oxygen atoms in total. The second-order valence-corrected chi connectivity index (χ2v) is 8.54. The van der Waals surface area contributed by atoms with E-state index in [2.05, 4.69) is 0 Å². The summed E-state index contributed by atoms with van der Waals surface area (Å²) in [5, 5.41) is 100. The molecule has 3 heterocycles. The third-order valence-corrected chi connectivity index (χ3v) is 6.34. The van der Waals surface area contributed by atoms with Crippen LogP contribution in [0, 0.1) is 0 Å². The van der Waals surface area contributed by atoms with Crippen molar-refractivity contribution in [2.75, 3.05) is 26.9 Å². The molecule has 0 bridgehead atoms. The largest absolute Gasteiger partial charge is 0.394 e. The predicted molar refractivity (Wildman–Crippen MR) is 106 cm³/mol. The zero-order valence-electron chi connectivity index (χ0n) is 18.7. The lowest BCUT2D eigenvalue weighted by Gasteiger charge is -2.48. The van der Waals surface area contributed by atoms with Gasteiger partial charge in [-0.15, -0.1) is 0 Å². The highest BCUT2D eigenvalue weighted by molar-refractivity contribution is 4.96. The summed E-state index contributed by atoms with van der Waals surface area (Å²) < 4.78 is 32.3. The van der Waals surface area contributed by atoms with Crippen LogP contribution in [0.1, 0.15) is 0 Å². The van der Waals surface area contributed by atoms with Gasteiger partial charge in [0.25, 0.3) is 0 Å². The molecule has 15 atom stereocenters. The summed E-state index contributed by atoms with van der Waals surface area (Å²) in [5.41, 5.74) is 0. The summed E-state index contributed by atoms with van der Waals surface area (Å²) >= 11 is 0. The summed E-state index contributed by atoms with van der Waals surface area (Å²) in [6, 6.07) is 0. The number of aliphatic hydroxyl groups excluding tert-OH is 10. The van der Waals surface area contributed by atoms with Crippen molar-refractivity contribution in [3.8, 4) is 0 Å². The first-order valence-electron chi connectivity index (χ1n) is 11.0. The van der Waals surface area contributed by atoms with Crippen LogP contribution in [0.2, 0.25) is 0 Å². The Bertz CT molecular complexity index is 654. The van der Waals surface area contributed by atoms with Crippen molar-refractivity contribution in [1.29, 1.82) is 0 Å². The van der Waals surface area contributed by atoms with Crippen molar-refractivity contribution in [3.63, 3.8) is 0 Å². The topological polar surface area (TPSA) is 258 Å². The maximum absolute atomic E-state index is 10.7. The molecular weight excluding hydrogens is 484 g/mol. The van der Waals surface area contributed by atoms with Gasteiger partial charge in [-0.3, -0.25) is 0 Å². The first-order valence-corrected chi connectivity index (χ1v) is 11.0. The minimum Gasteiger partial charge on any atom is -0.394 e. The van der Waals surface area contributed by atoms with Gasteiger partial charge in [-0.1, -0.05) is 0 Å². The maximum atomic E-state index is 10.7. The van der Waals surface area contributed by atoms with Crippen LogP contribution in [0.4, 0.5) is 0 Å². The van der Waals surface area contributed by atoms with Crippen molar-refractivity contribution in [1.82, 2.24) is 0 Å². The molecule has 0 amide bonds. The normalized spacial score (nSPS) is 51.3. The van der Waals surface area contributed by atoms with E-state index >= 15 is 0 Å². The van der Waals surface area contributed by atoms with Gasteiger partial charge in [0.15, 0.2) is 18.9 Å². The van der Waals surface area contributed by atoms with Gasteiger partial charge >= 0.3 is 0 Å². The van der Waals surface area contributed by atoms with Crippen molar-refractivity contribution in [2.45, 2.75) is 92.1 Å². The lowest BCUT2D eigenvalue weighted by molar-refractivity contribution is -0.391. The SMILES string of the molecule is CO[C@H]1[C@H](O)[C@@H](CO)O[C@@H](O)[C@H]1O[C@@H]1O[C@H](CO)[C@@H](O)[C@H](O)[C@@H]1O[C@@H]1O[C@H](CO)[C@@H](O)[C@H](O)[C@@H]1O. The second-order valence-electron chi connectivity index (χ2n) is 8.54. The fourth-order valence-corrected chi connectivity index (χ4v) is 4.27. The maximum Gasteiger partial charge on any atom is 0.187 e. The fourth-order valence-electron chi connectivity index (χ4n) is 4.27. The Hall–Kier alpha value is -0.640. The van der Waals surface area contributed by atoms with E-state index in [1.54, 1.807) is 0 Å². The fraction of sp³-hybridized carbons (Fsp3) is 1.00. The summed E-state index contributed by atoms with van der Waals surface area (Å²) in [5.74, 6) is 0. The van der Waals surface area contributed by atoms with Gasteiger partial charge in [0.2, 0.25) is 0 Å². The summed E-state index contributed by atoms with van der Waals surface area (Å²) in [7, 11) is 1.19. The van der Waals surface area contributed by atoms with Crippen LogP contribution in [0.3, 0.4) is 0 Å². The molecule has 3 rings (SSSR count). The Morgan fingerprint density at radius 1 is 0.514 bits per heavy atom. The van der Waals surface area contributed by atoms with E-state index in [9.17, 15) is 51.1 Å². The van der Waals surface area contributed by atoms with E-state index in [1.165, 1.54) is 7.11 Å². The zero-order chi connectivity index (χ0) is 26.0. The Morgan fingerprint density at radius 3 is 1.54 bits per heavy atom. The van der Waals surface area contributed by atoms with Gasteiger partial charge < -0.3 is 79.5 Å². The molecule has 3 fully saturated rings. The average Bonchev–Trinajstić information content (AvgIpc) is 2.85. The molecule has 3 aliphatic rings. The third-order valence-electron chi connectivity index (χ3n) is 6.34. The van der Waals surface area contributed by atoms with Crippen molar-refractivity contribution >= 4 is 0 Å². The Morgan fingerprint density at radius 2 is 1.00 bits per heavy atom. The Kier molecular flexibility index (Phi) is 10.1. The number of hydrogen-bond acceptors (Lipinski definition) is 16. The van der Waals surface area contributed by atoms with E-state index in [-0.39, 0.29) is 0 Å². The molecule has 35 heavy (non-hydrogen) atoms. The van der Waals surface area contributed by atoms with E-state index in [0.29, 0.717) is 0 Å². The quantitative estimate of drug-likeness (QED) is 0.143. The molecule has 0 aromatic carbocycles. The first kappa shape index (κ1) is 28.9. The first-order chi connectivity index (χ1) is 16.6. The zero-order valence-corrected chi connectivity index (χ0v) is 18.7. The molecule has 0 aromatic heterocycles. The molecule has 10 N–H and O–H groups in total. The summed E-state index contributed by atoms with van der Waals surface area (Å²) in [6.45, 7) is -2.17. The molecule has 3 saturated heterocycles. The van der Waals surface area contributed by atoms with Crippen molar-refractivity contribution in [2.24, 2.45) is 0 Å². The van der Waals surface area contributed by atoms with Crippen LogP contribution in [0.15, 0.2) is 0 Å². The molecule has 0 unspecified atom stereocenters. The molecule has 0 saturated carbocycles. The van der Waals surface area contributed by atoms with Crippen LogP contribution in [0.5, 0.6) is 0 Å². The number of aliphatic hydroxyl groups is 10. The van der Waals surface area contributed by atoms with Gasteiger partial charge in [0.1, 0.15) is 73.2 Å². The lowest BCUT2D eigenvalue weighted by Crippen LogP contribution is -2.67. The number of methoxy groups -OCH3 is 1. The van der Waals surface area contributed by atoms with Crippen LogP contribution in [-0.4, -0.2) is 170 Å². The molecule has 206 valence electrons. The number of ether oxygens (including phenoxy) is 6. The van der Waals surface area contributed by atoms with E-state index in [0.717, 1.165) is 0 Å². The Labute approximate surface area is 199 Å². The minimum absolute atomic E-state index is 0.648. The van der Waals surface area contributed by atoms with Crippen molar-refractivity contribution in [3.05, 3.63) is 0 Å². The molecule has 0 aromatic rings. The monoisotopic (exact) mass is 518 g/mol. The van der Waals surface area contributed by atoms with Crippen LogP contribution in [0.25, 0.3) is 0 Å². The second kappa shape index (κ2) is 12.3. The minimum atomic E-state index is -1.86. The molecule has 3 aliphatic heterocycles. The van der Waals surface area contributed by atoms with Gasteiger partial charge in [-0.05, 0) is 0 Å². The van der Waals surface area contributed by atoms with Crippen molar-refractivity contribution < 1.29 is 79.5 Å². The molecule has 0 aliphatic carbocycles. The van der Waals surface area contributed by atoms with Gasteiger partial charge in [0.05, 0.1) is 19.8 Å². The predicted octanol–water partition coefficient (Wildman–Crippen LogP) is -6.92. The molecule has 0 spiro atoms. The van der Waals surface area contributed by atoms with Gasteiger partial charge in [0, 0.05) is 7.11 Å². The highest BCUT2D eigenvalue weighted by atomic mass is 16.8. The van der Waals surface area contributed by atoms with Crippen LogP contribution in [-0.2, 0) is 28.4 Å². The number of hydrogen-bond donors (Lipinski definition) is 10. The standard InChI is InChI=1S/C19H34O16/c1-30-14-10(25)7(4-22)31-17(29)16(14)35-19-15(12(27)9(24)6(3-21)33-19)34-18-13(28)11(26)8(23)5(2-20)32-18/h5-29H,2-4H2,1H3/t5-,6-,7-,8-,9-,10-,11+,12+,13+,14+,15+,16+,17-,18+,19+/m1/s1. The highest BCUT2D eigenvalue weighted by Crippen LogP contribution is 2.33.